The van der Waals surface area contributed by atoms with Crippen LogP contribution in [0.2, 0.25) is 0 Å². The maximum Gasteiger partial charge on any atom is 0.240 e. The van der Waals surface area contributed by atoms with Gasteiger partial charge >= 0.3 is 0 Å². The van der Waals surface area contributed by atoms with Crippen LogP contribution in [0.3, 0.4) is 0 Å². The summed E-state index contributed by atoms with van der Waals surface area (Å²) < 4.78 is 46.2. The molecule has 1 aromatic heterocycles. The van der Waals surface area contributed by atoms with E-state index in [4.69, 9.17) is 14.2 Å². The zero-order valence-electron chi connectivity index (χ0n) is 27.9. The predicted octanol–water partition coefficient (Wildman–Crippen LogP) is 6.47. The number of anilines is 2. The highest BCUT2D eigenvalue weighted by molar-refractivity contribution is 6.16. The molecule has 2 N–H and O–H groups in total. The van der Waals surface area contributed by atoms with Crippen molar-refractivity contribution in [3.63, 3.8) is 0 Å². The standard InChI is InChI=1S/C37H41F2N5O5/c1-24(2)44-18-16-43(17-19-44)15-4-20-48-34-23-30-28(22-33(34)47-3)31(11-14-40-30)49-32-10-9-27(21-29(32)39)42-36(46)37(12-13-37)35(45)41-26-7-5-25(38)6-8-26/h5-11,14,21-24H,4,12-13,15-20H2,1-3H3,(H,41,45)(H,42,46). The lowest BCUT2D eigenvalue weighted by Crippen LogP contribution is -2.49. The number of methoxy groups -OCH3 is 1. The number of benzene rings is 3. The molecule has 12 heteroatoms. The number of hydrogen-bond donors (Lipinski definition) is 2. The van der Waals surface area contributed by atoms with Crippen LogP contribution >= 0.6 is 0 Å². The first-order chi connectivity index (χ1) is 23.6. The van der Waals surface area contributed by atoms with Gasteiger partial charge in [0.2, 0.25) is 11.8 Å². The van der Waals surface area contributed by atoms with Gasteiger partial charge in [-0.2, -0.15) is 0 Å². The van der Waals surface area contributed by atoms with Crippen molar-refractivity contribution in [2.45, 2.75) is 39.2 Å². The van der Waals surface area contributed by atoms with Crippen LogP contribution in [0.4, 0.5) is 20.2 Å². The van der Waals surface area contributed by atoms with Crippen LogP contribution in [-0.4, -0.2) is 79.1 Å². The van der Waals surface area contributed by atoms with Gasteiger partial charge in [0, 0.05) is 73.9 Å². The van der Waals surface area contributed by atoms with Crippen LogP contribution in [0.15, 0.2) is 66.9 Å². The van der Waals surface area contributed by atoms with E-state index < -0.39 is 28.9 Å². The molecule has 6 rings (SSSR count). The minimum absolute atomic E-state index is 0.0609. The van der Waals surface area contributed by atoms with E-state index in [0.717, 1.165) is 45.2 Å². The van der Waals surface area contributed by atoms with E-state index in [9.17, 15) is 14.0 Å². The molecule has 2 heterocycles. The summed E-state index contributed by atoms with van der Waals surface area (Å²) in [6.45, 7) is 10.2. The molecule has 2 amide bonds. The molecular weight excluding hydrogens is 632 g/mol. The number of pyridine rings is 1. The van der Waals surface area contributed by atoms with Crippen molar-refractivity contribution < 1.29 is 32.6 Å². The Labute approximate surface area is 284 Å². The first kappa shape index (κ1) is 34.1. The maximum absolute atomic E-state index is 15.3. The molecule has 1 saturated carbocycles. The Balaban J connectivity index is 1.07. The van der Waals surface area contributed by atoms with Gasteiger partial charge in [-0.05, 0) is 81.6 Å². The number of halogens is 2. The third-order valence-corrected chi connectivity index (χ3v) is 9.13. The molecule has 1 aliphatic heterocycles. The summed E-state index contributed by atoms with van der Waals surface area (Å²) >= 11 is 0. The van der Waals surface area contributed by atoms with Gasteiger partial charge in [0.15, 0.2) is 23.1 Å². The summed E-state index contributed by atoms with van der Waals surface area (Å²) in [7, 11) is 1.56. The van der Waals surface area contributed by atoms with E-state index in [1.54, 1.807) is 31.5 Å². The van der Waals surface area contributed by atoms with Gasteiger partial charge in [-0.1, -0.05) is 0 Å². The molecule has 0 atom stereocenters. The zero-order valence-corrected chi connectivity index (χ0v) is 27.9. The summed E-state index contributed by atoms with van der Waals surface area (Å²) in [6.07, 6.45) is 3.14. The maximum atomic E-state index is 15.3. The molecule has 2 aliphatic rings. The molecule has 0 radical (unpaired) electrons. The smallest absolute Gasteiger partial charge is 0.240 e. The minimum atomic E-state index is -1.28. The fourth-order valence-corrected chi connectivity index (χ4v) is 5.96. The van der Waals surface area contributed by atoms with E-state index in [2.05, 4.69) is 39.3 Å². The van der Waals surface area contributed by atoms with Crippen molar-refractivity contribution in [1.82, 2.24) is 14.8 Å². The number of nitrogens with one attached hydrogen (secondary N) is 2. The van der Waals surface area contributed by atoms with Crippen molar-refractivity contribution in [2.24, 2.45) is 5.41 Å². The van der Waals surface area contributed by atoms with Crippen LogP contribution in [-0.2, 0) is 9.59 Å². The zero-order chi connectivity index (χ0) is 34.5. The molecule has 2 fully saturated rings. The molecule has 3 aromatic carbocycles. The second-order valence-corrected chi connectivity index (χ2v) is 12.7. The third kappa shape index (κ3) is 7.92. The van der Waals surface area contributed by atoms with Crippen molar-refractivity contribution >= 4 is 34.1 Å². The van der Waals surface area contributed by atoms with Gasteiger partial charge in [-0.3, -0.25) is 19.5 Å². The molecule has 4 aromatic rings. The highest BCUT2D eigenvalue weighted by Crippen LogP contribution is 2.47. The lowest BCUT2D eigenvalue weighted by molar-refractivity contribution is -0.131. The van der Waals surface area contributed by atoms with Gasteiger partial charge in [0.05, 0.1) is 19.2 Å². The van der Waals surface area contributed by atoms with Gasteiger partial charge in [0.25, 0.3) is 0 Å². The number of piperazine rings is 1. The Morgan fingerprint density at radius 2 is 1.55 bits per heavy atom. The molecule has 1 saturated heterocycles. The highest BCUT2D eigenvalue weighted by atomic mass is 19.1. The Hall–Kier alpha value is -4.81. The summed E-state index contributed by atoms with van der Waals surface area (Å²) in [5.41, 5.74) is -0.127. The Morgan fingerprint density at radius 1 is 0.857 bits per heavy atom. The molecule has 0 bridgehead atoms. The van der Waals surface area contributed by atoms with Crippen LogP contribution in [0.1, 0.15) is 33.1 Å². The van der Waals surface area contributed by atoms with Gasteiger partial charge in [0.1, 0.15) is 17.0 Å². The van der Waals surface area contributed by atoms with Crippen molar-refractivity contribution in [1.29, 1.82) is 0 Å². The third-order valence-electron chi connectivity index (χ3n) is 9.13. The quantitative estimate of drug-likeness (QED) is 0.123. The normalized spacial score (nSPS) is 16.0. The van der Waals surface area contributed by atoms with Crippen LogP contribution in [0.25, 0.3) is 10.9 Å². The van der Waals surface area contributed by atoms with E-state index in [0.29, 0.717) is 59.3 Å². The summed E-state index contributed by atoms with van der Waals surface area (Å²) in [6, 6.07) is 15.1. The predicted molar refractivity (Wildman–Crippen MR) is 183 cm³/mol. The summed E-state index contributed by atoms with van der Waals surface area (Å²) in [5, 5.41) is 5.91. The number of rotatable bonds is 13. The average molecular weight is 674 g/mol. The van der Waals surface area contributed by atoms with E-state index in [1.165, 1.54) is 36.4 Å². The first-order valence-corrected chi connectivity index (χ1v) is 16.6. The second kappa shape index (κ2) is 14.8. The fourth-order valence-electron chi connectivity index (χ4n) is 5.96. The highest BCUT2D eigenvalue weighted by Gasteiger charge is 2.56. The Morgan fingerprint density at radius 3 is 2.20 bits per heavy atom. The summed E-state index contributed by atoms with van der Waals surface area (Å²) in [4.78, 5) is 35.4. The molecular formula is C37H41F2N5O5. The molecule has 10 nitrogen and oxygen atoms in total. The number of fused-ring (bicyclic) bond motifs is 1. The number of carbonyl (C=O) groups is 2. The summed E-state index contributed by atoms with van der Waals surface area (Å²) in [5.74, 6) is -0.816. The van der Waals surface area contributed by atoms with Gasteiger partial charge in [-0.25, -0.2) is 8.78 Å². The number of amides is 2. The lowest BCUT2D eigenvalue weighted by atomic mass is 10.0. The van der Waals surface area contributed by atoms with E-state index in [1.807, 2.05) is 0 Å². The number of carbonyl (C=O) groups excluding carboxylic acids is 2. The van der Waals surface area contributed by atoms with E-state index in [-0.39, 0.29) is 11.4 Å². The van der Waals surface area contributed by atoms with Crippen LogP contribution in [0.5, 0.6) is 23.0 Å². The second-order valence-electron chi connectivity index (χ2n) is 12.7. The van der Waals surface area contributed by atoms with Gasteiger partial charge < -0.3 is 29.7 Å². The largest absolute Gasteiger partial charge is 0.493 e. The molecule has 0 unspecified atom stereocenters. The molecule has 258 valence electrons. The topological polar surface area (TPSA) is 105 Å². The Bertz CT molecular complexity index is 1810. The number of nitrogens with zero attached hydrogens (tertiary/aromatic N) is 3. The van der Waals surface area contributed by atoms with Crippen molar-refractivity contribution in [3.8, 4) is 23.0 Å². The van der Waals surface area contributed by atoms with Gasteiger partial charge in [-0.15, -0.1) is 0 Å². The lowest BCUT2D eigenvalue weighted by Gasteiger charge is -2.36. The fraction of sp³-hybridized carbons (Fsp3) is 0.378. The minimum Gasteiger partial charge on any atom is -0.493 e. The van der Waals surface area contributed by atoms with Crippen LogP contribution in [0, 0.1) is 17.0 Å². The Kier molecular flexibility index (Phi) is 10.3. The molecule has 1 aliphatic carbocycles. The first-order valence-electron chi connectivity index (χ1n) is 16.6. The SMILES string of the molecule is COc1cc2c(Oc3ccc(NC(=O)C4(C(=O)Nc5ccc(F)cc5)CC4)cc3F)ccnc2cc1OCCCN1CCN(C(C)C)CC1. The van der Waals surface area contributed by atoms with Crippen molar-refractivity contribution in [2.75, 3.05) is 57.1 Å². The number of aromatic nitrogens is 1. The number of hydrogen-bond acceptors (Lipinski definition) is 8. The van der Waals surface area contributed by atoms with Crippen LogP contribution < -0.4 is 24.8 Å². The van der Waals surface area contributed by atoms with E-state index >= 15 is 4.39 Å². The monoisotopic (exact) mass is 673 g/mol. The number of ether oxygens (including phenoxy) is 3. The molecule has 49 heavy (non-hydrogen) atoms. The molecule has 0 spiro atoms. The van der Waals surface area contributed by atoms with Crippen molar-refractivity contribution in [3.05, 3.63) is 78.5 Å². The average Bonchev–Trinajstić information content (AvgIpc) is 3.91.